The fourth-order valence-corrected chi connectivity index (χ4v) is 1.52. The molecule has 0 fully saturated rings. The van der Waals surface area contributed by atoms with Crippen LogP contribution in [0.4, 0.5) is 0 Å². The van der Waals surface area contributed by atoms with Gasteiger partial charge in [0.05, 0.1) is 16.1 Å². The van der Waals surface area contributed by atoms with Crippen LogP contribution in [0.25, 0.3) is 6.08 Å². The first-order chi connectivity index (χ1) is 7.04. The highest BCUT2D eigenvalue weighted by molar-refractivity contribution is 6.33. The predicted molar refractivity (Wildman–Crippen MR) is 59.6 cm³/mol. The summed E-state index contributed by atoms with van der Waals surface area (Å²) in [6.45, 7) is 3.29. The molecule has 0 atom stereocenters. The van der Waals surface area contributed by atoms with E-state index in [0.29, 0.717) is 11.8 Å². The molecule has 0 bridgehead atoms. The number of aldehydes is 1. The Kier molecular flexibility index (Phi) is 3.37. The highest BCUT2D eigenvalue weighted by Crippen LogP contribution is 2.40. The van der Waals surface area contributed by atoms with Gasteiger partial charge in [0.2, 0.25) is 0 Å². The Balaban J connectivity index is 3.67. The zero-order chi connectivity index (χ0) is 11.6. The molecule has 0 aliphatic heterocycles. The molecule has 1 aromatic carbocycles. The maximum atomic E-state index is 10.7. The molecule has 15 heavy (non-hydrogen) atoms. The van der Waals surface area contributed by atoms with Gasteiger partial charge in [-0.2, -0.15) is 0 Å². The van der Waals surface area contributed by atoms with Crippen LogP contribution in [0, 0.1) is 6.92 Å². The number of aromatic hydroxyl groups is 2. The molecule has 0 unspecified atom stereocenters. The van der Waals surface area contributed by atoms with E-state index in [-0.39, 0.29) is 27.6 Å². The standard InChI is InChI=1S/C11H11ClO3/c1-3-4-7-10(14)8(5-13)6(2)9(12)11(7)15/h3-5,14-15H,1-2H3/b4-3-. The molecule has 0 aliphatic rings. The number of benzene rings is 1. The number of carbonyl (C=O) groups is 1. The van der Waals surface area contributed by atoms with Crippen LogP contribution in [0.2, 0.25) is 5.02 Å². The summed E-state index contributed by atoms with van der Waals surface area (Å²) in [6, 6.07) is 0. The molecular formula is C11H11ClO3. The Hall–Kier alpha value is -1.48. The summed E-state index contributed by atoms with van der Waals surface area (Å²) in [6.07, 6.45) is 3.64. The fraction of sp³-hybridized carbons (Fsp3) is 0.182. The summed E-state index contributed by atoms with van der Waals surface area (Å²) >= 11 is 5.82. The van der Waals surface area contributed by atoms with Crippen LogP contribution in [-0.4, -0.2) is 16.5 Å². The van der Waals surface area contributed by atoms with Crippen molar-refractivity contribution in [2.45, 2.75) is 13.8 Å². The van der Waals surface area contributed by atoms with Crippen molar-refractivity contribution in [3.05, 3.63) is 27.8 Å². The van der Waals surface area contributed by atoms with Crippen LogP contribution in [0.5, 0.6) is 11.5 Å². The molecule has 1 rings (SSSR count). The molecule has 4 heteroatoms. The molecule has 1 aromatic rings. The highest BCUT2D eigenvalue weighted by Gasteiger charge is 2.17. The van der Waals surface area contributed by atoms with Crippen molar-refractivity contribution in [3.63, 3.8) is 0 Å². The summed E-state index contributed by atoms with van der Waals surface area (Å²) in [5.41, 5.74) is 0.635. The molecule has 0 aromatic heterocycles. The van der Waals surface area contributed by atoms with Gasteiger partial charge in [-0.1, -0.05) is 23.8 Å². The number of hydrogen-bond donors (Lipinski definition) is 2. The molecule has 0 radical (unpaired) electrons. The second-order valence-corrected chi connectivity index (χ2v) is 3.46. The first-order valence-corrected chi connectivity index (χ1v) is 4.74. The number of halogens is 1. The smallest absolute Gasteiger partial charge is 0.154 e. The Morgan fingerprint density at radius 3 is 2.27 bits per heavy atom. The van der Waals surface area contributed by atoms with Gasteiger partial charge >= 0.3 is 0 Å². The van der Waals surface area contributed by atoms with E-state index in [4.69, 9.17) is 11.6 Å². The van der Waals surface area contributed by atoms with Crippen molar-refractivity contribution in [2.24, 2.45) is 0 Å². The first kappa shape index (κ1) is 11.6. The lowest BCUT2D eigenvalue weighted by Gasteiger charge is -2.10. The average molecular weight is 227 g/mol. The van der Waals surface area contributed by atoms with Crippen molar-refractivity contribution in [1.82, 2.24) is 0 Å². The average Bonchev–Trinajstić information content (AvgIpc) is 2.22. The van der Waals surface area contributed by atoms with Crippen LogP contribution in [0.3, 0.4) is 0 Å². The second kappa shape index (κ2) is 4.36. The maximum absolute atomic E-state index is 10.7. The first-order valence-electron chi connectivity index (χ1n) is 4.36. The van der Waals surface area contributed by atoms with E-state index in [1.54, 1.807) is 19.9 Å². The van der Waals surface area contributed by atoms with E-state index in [9.17, 15) is 15.0 Å². The third-order valence-electron chi connectivity index (χ3n) is 2.16. The van der Waals surface area contributed by atoms with Crippen LogP contribution < -0.4 is 0 Å². The summed E-state index contributed by atoms with van der Waals surface area (Å²) in [4.78, 5) is 10.7. The monoisotopic (exact) mass is 226 g/mol. The zero-order valence-electron chi connectivity index (χ0n) is 8.41. The van der Waals surface area contributed by atoms with Gasteiger partial charge in [0.25, 0.3) is 0 Å². The Labute approximate surface area is 92.6 Å². The molecule has 2 N–H and O–H groups in total. The maximum Gasteiger partial charge on any atom is 0.154 e. The minimum absolute atomic E-state index is 0.0861. The summed E-state index contributed by atoms with van der Waals surface area (Å²) in [7, 11) is 0. The zero-order valence-corrected chi connectivity index (χ0v) is 9.17. The summed E-state index contributed by atoms with van der Waals surface area (Å²) in [5, 5.41) is 19.4. The van der Waals surface area contributed by atoms with Gasteiger partial charge in [0.15, 0.2) is 6.29 Å². The number of allylic oxidation sites excluding steroid dienone is 1. The molecule has 0 saturated carbocycles. The predicted octanol–water partition coefficient (Wildman–Crippen LogP) is 2.91. The number of carbonyl (C=O) groups excluding carboxylic acids is 1. The van der Waals surface area contributed by atoms with Gasteiger partial charge in [0, 0.05) is 0 Å². The number of phenolic OH excluding ortho intramolecular Hbond substituents is 2. The van der Waals surface area contributed by atoms with Gasteiger partial charge in [0.1, 0.15) is 11.5 Å². The Morgan fingerprint density at radius 2 is 1.80 bits per heavy atom. The molecule has 0 amide bonds. The van der Waals surface area contributed by atoms with E-state index in [1.165, 1.54) is 6.08 Å². The minimum Gasteiger partial charge on any atom is -0.506 e. The van der Waals surface area contributed by atoms with E-state index < -0.39 is 0 Å². The van der Waals surface area contributed by atoms with Gasteiger partial charge in [-0.15, -0.1) is 0 Å². The number of rotatable bonds is 2. The van der Waals surface area contributed by atoms with E-state index in [1.807, 2.05) is 0 Å². The number of hydrogen-bond acceptors (Lipinski definition) is 3. The van der Waals surface area contributed by atoms with Gasteiger partial charge in [-0.3, -0.25) is 4.79 Å². The normalized spacial score (nSPS) is 10.9. The van der Waals surface area contributed by atoms with Crippen molar-refractivity contribution >= 4 is 24.0 Å². The quantitative estimate of drug-likeness (QED) is 0.763. The van der Waals surface area contributed by atoms with E-state index >= 15 is 0 Å². The lowest BCUT2D eigenvalue weighted by atomic mass is 10.0. The van der Waals surface area contributed by atoms with E-state index in [2.05, 4.69) is 0 Å². The lowest BCUT2D eigenvalue weighted by molar-refractivity contribution is 0.112. The second-order valence-electron chi connectivity index (χ2n) is 3.08. The molecule has 0 saturated heterocycles. The summed E-state index contributed by atoms with van der Waals surface area (Å²) in [5.74, 6) is -0.460. The highest BCUT2D eigenvalue weighted by atomic mass is 35.5. The third kappa shape index (κ3) is 1.83. The van der Waals surface area contributed by atoms with Crippen molar-refractivity contribution in [2.75, 3.05) is 0 Å². The SMILES string of the molecule is C/C=C\c1c(O)c(Cl)c(C)c(C=O)c1O. The van der Waals surface area contributed by atoms with Crippen molar-refractivity contribution in [1.29, 1.82) is 0 Å². The topological polar surface area (TPSA) is 57.5 Å². The van der Waals surface area contributed by atoms with E-state index in [0.717, 1.165) is 0 Å². The molecule has 0 heterocycles. The molecule has 80 valence electrons. The molecular weight excluding hydrogens is 216 g/mol. The minimum atomic E-state index is -0.248. The largest absolute Gasteiger partial charge is 0.506 e. The summed E-state index contributed by atoms with van der Waals surface area (Å²) < 4.78 is 0. The Morgan fingerprint density at radius 1 is 1.20 bits per heavy atom. The Bertz CT molecular complexity index is 436. The lowest BCUT2D eigenvalue weighted by Crippen LogP contribution is -1.92. The van der Waals surface area contributed by atoms with Crippen LogP contribution in [-0.2, 0) is 0 Å². The molecule has 0 aliphatic carbocycles. The third-order valence-corrected chi connectivity index (χ3v) is 2.62. The van der Waals surface area contributed by atoms with Crippen LogP contribution in [0.15, 0.2) is 6.08 Å². The van der Waals surface area contributed by atoms with Crippen LogP contribution in [0.1, 0.15) is 28.4 Å². The number of phenols is 2. The van der Waals surface area contributed by atoms with Gasteiger partial charge in [-0.05, 0) is 19.4 Å². The van der Waals surface area contributed by atoms with Crippen LogP contribution >= 0.6 is 11.6 Å². The van der Waals surface area contributed by atoms with Gasteiger partial charge < -0.3 is 10.2 Å². The fourth-order valence-electron chi connectivity index (χ4n) is 1.32. The molecule has 3 nitrogen and oxygen atoms in total. The van der Waals surface area contributed by atoms with Gasteiger partial charge in [-0.25, -0.2) is 0 Å². The van der Waals surface area contributed by atoms with Crippen molar-refractivity contribution < 1.29 is 15.0 Å². The molecule has 0 spiro atoms. The van der Waals surface area contributed by atoms with Crippen molar-refractivity contribution in [3.8, 4) is 11.5 Å².